The topological polar surface area (TPSA) is 59.5 Å². The van der Waals surface area contributed by atoms with E-state index in [0.29, 0.717) is 22.7 Å². The Morgan fingerprint density at radius 2 is 2.20 bits per heavy atom. The van der Waals surface area contributed by atoms with E-state index in [0.717, 1.165) is 0 Å². The van der Waals surface area contributed by atoms with Gasteiger partial charge in [-0.05, 0) is 41.9 Å². The monoisotopic (exact) mass is 362 g/mol. The Labute approximate surface area is 130 Å². The molecule has 0 bridgehead atoms. The van der Waals surface area contributed by atoms with Crippen molar-refractivity contribution in [2.24, 2.45) is 0 Å². The van der Waals surface area contributed by atoms with Gasteiger partial charge in [-0.25, -0.2) is 9.78 Å². The van der Waals surface area contributed by atoms with Gasteiger partial charge in [0.05, 0.1) is 11.1 Å². The van der Waals surface area contributed by atoms with Gasteiger partial charge in [-0.2, -0.15) is 0 Å². The summed E-state index contributed by atoms with van der Waals surface area (Å²) in [5, 5.41) is 0. The number of anilines is 1. The highest BCUT2D eigenvalue weighted by Crippen LogP contribution is 2.21. The van der Waals surface area contributed by atoms with Crippen LogP contribution in [0.25, 0.3) is 0 Å². The lowest BCUT2D eigenvalue weighted by Gasteiger charge is -2.25. The van der Waals surface area contributed by atoms with Crippen LogP contribution in [0.2, 0.25) is 0 Å². The van der Waals surface area contributed by atoms with E-state index in [-0.39, 0.29) is 11.7 Å². The van der Waals surface area contributed by atoms with Crippen molar-refractivity contribution in [3.05, 3.63) is 22.3 Å². The highest BCUT2D eigenvalue weighted by molar-refractivity contribution is 9.10. The molecule has 0 aliphatic heterocycles. The summed E-state index contributed by atoms with van der Waals surface area (Å²) in [6.07, 6.45) is 1.67. The first kappa shape index (κ1) is 17.1. The summed E-state index contributed by atoms with van der Waals surface area (Å²) in [6, 6.07) is 3.63. The third kappa shape index (κ3) is 4.56. The van der Waals surface area contributed by atoms with Crippen molar-refractivity contribution in [2.75, 3.05) is 30.6 Å². The van der Waals surface area contributed by atoms with E-state index < -0.39 is 16.8 Å². The number of carbonyl (C=O) groups is 1. The Hall–Kier alpha value is -0.950. The number of halogens is 1. The zero-order chi connectivity index (χ0) is 15.3. The molecule has 1 aromatic heterocycles. The van der Waals surface area contributed by atoms with Crippen LogP contribution in [0.15, 0.2) is 16.6 Å². The number of carbonyl (C=O) groups excluding carboxylic acids is 1. The molecule has 0 aromatic carbocycles. The quantitative estimate of drug-likeness (QED) is 0.726. The van der Waals surface area contributed by atoms with Crippen LogP contribution in [-0.4, -0.2) is 46.9 Å². The Bertz CT molecular complexity index is 510. The number of hydrogen-bond donors (Lipinski definition) is 0. The summed E-state index contributed by atoms with van der Waals surface area (Å²) >= 11 is 3.30. The molecular weight excluding hydrogens is 344 g/mol. The third-order valence-corrected chi connectivity index (χ3v) is 4.39. The van der Waals surface area contributed by atoms with Crippen LogP contribution >= 0.6 is 15.9 Å². The molecule has 0 radical (unpaired) electrons. The van der Waals surface area contributed by atoms with Crippen molar-refractivity contribution in [3.8, 4) is 0 Å². The molecule has 112 valence electrons. The van der Waals surface area contributed by atoms with E-state index in [2.05, 4.69) is 20.9 Å². The minimum absolute atomic E-state index is 0.0598. The van der Waals surface area contributed by atoms with Gasteiger partial charge in [-0.15, -0.1) is 0 Å². The molecule has 0 saturated heterocycles. The van der Waals surface area contributed by atoms with Gasteiger partial charge in [0.2, 0.25) is 0 Å². The molecule has 1 rings (SSSR count). The average molecular weight is 363 g/mol. The van der Waals surface area contributed by atoms with Gasteiger partial charge >= 0.3 is 5.97 Å². The smallest absolute Gasteiger partial charge is 0.358 e. The van der Waals surface area contributed by atoms with Gasteiger partial charge in [0.25, 0.3) is 0 Å². The normalized spacial score (nSPS) is 13.7. The lowest BCUT2D eigenvalue weighted by molar-refractivity contribution is 0.0518. The minimum atomic E-state index is -0.882. The van der Waals surface area contributed by atoms with E-state index in [1.807, 2.05) is 24.9 Å². The molecule has 2 unspecified atom stereocenters. The Morgan fingerprint density at radius 1 is 1.55 bits per heavy atom. The van der Waals surface area contributed by atoms with Crippen molar-refractivity contribution in [3.63, 3.8) is 0 Å². The second kappa shape index (κ2) is 7.73. The number of aromatic nitrogens is 1. The third-order valence-electron chi connectivity index (χ3n) is 2.80. The van der Waals surface area contributed by atoms with Crippen LogP contribution in [0.4, 0.5) is 5.82 Å². The minimum Gasteiger partial charge on any atom is -0.461 e. The lowest BCUT2D eigenvalue weighted by Crippen LogP contribution is -2.34. The number of hydrogen-bond acceptors (Lipinski definition) is 5. The predicted octanol–water partition coefficient (Wildman–Crippen LogP) is 2.22. The Kier molecular flexibility index (Phi) is 6.61. The van der Waals surface area contributed by atoms with Crippen molar-refractivity contribution in [2.45, 2.75) is 19.9 Å². The lowest BCUT2D eigenvalue weighted by atomic mass is 10.3. The molecule has 0 amide bonds. The van der Waals surface area contributed by atoms with Gasteiger partial charge in [-0.1, -0.05) is 0 Å². The summed E-state index contributed by atoms with van der Waals surface area (Å²) in [4.78, 5) is 18.0. The first-order chi connectivity index (χ1) is 9.36. The molecule has 1 aromatic rings. The highest BCUT2D eigenvalue weighted by Gasteiger charge is 2.18. The second-order valence-corrected chi connectivity index (χ2v) is 6.75. The van der Waals surface area contributed by atoms with Crippen molar-refractivity contribution < 1.29 is 13.7 Å². The first-order valence-electron chi connectivity index (χ1n) is 6.23. The van der Waals surface area contributed by atoms with Gasteiger partial charge in [0.1, 0.15) is 5.82 Å². The van der Waals surface area contributed by atoms with E-state index in [9.17, 15) is 9.00 Å². The maximum absolute atomic E-state index is 11.8. The van der Waals surface area contributed by atoms with Crippen LogP contribution in [0.1, 0.15) is 24.3 Å². The maximum atomic E-state index is 11.8. The molecule has 0 aliphatic carbocycles. The highest BCUT2D eigenvalue weighted by atomic mass is 79.9. The number of pyridine rings is 1. The second-order valence-electron chi connectivity index (χ2n) is 4.42. The zero-order valence-corrected chi connectivity index (χ0v) is 14.5. The fourth-order valence-electron chi connectivity index (χ4n) is 1.65. The molecule has 0 N–H and O–H groups in total. The van der Waals surface area contributed by atoms with E-state index in [1.165, 1.54) is 0 Å². The Balaban J connectivity index is 2.99. The summed E-state index contributed by atoms with van der Waals surface area (Å²) < 4.78 is 16.9. The van der Waals surface area contributed by atoms with E-state index >= 15 is 0 Å². The maximum Gasteiger partial charge on any atom is 0.358 e. The molecule has 0 spiro atoms. The first-order valence-corrected chi connectivity index (χ1v) is 8.75. The predicted molar refractivity (Wildman–Crippen MR) is 84.7 cm³/mol. The fraction of sp³-hybridized carbons (Fsp3) is 0.538. The van der Waals surface area contributed by atoms with Crippen molar-refractivity contribution >= 4 is 38.5 Å². The molecule has 0 aliphatic rings. The fourth-order valence-corrected chi connectivity index (χ4v) is 2.93. The van der Waals surface area contributed by atoms with Gasteiger partial charge in [0.15, 0.2) is 5.69 Å². The Morgan fingerprint density at radius 3 is 2.75 bits per heavy atom. The van der Waals surface area contributed by atoms with Crippen molar-refractivity contribution in [1.82, 2.24) is 4.98 Å². The van der Waals surface area contributed by atoms with E-state index in [4.69, 9.17) is 4.74 Å². The summed E-state index contributed by atoms with van der Waals surface area (Å²) in [5.74, 6) is 0.735. The van der Waals surface area contributed by atoms with Crippen LogP contribution < -0.4 is 4.90 Å². The van der Waals surface area contributed by atoms with Crippen LogP contribution in [0.3, 0.4) is 0 Å². The SMILES string of the molecule is CCOC(=O)c1nc(N(C)C(C)CS(C)=O)ccc1Br. The number of nitrogens with zero attached hydrogens (tertiary/aromatic N) is 2. The largest absolute Gasteiger partial charge is 0.461 e. The molecular formula is C13H19BrN2O3S. The summed E-state index contributed by atoms with van der Waals surface area (Å²) in [6.45, 7) is 4.02. The molecule has 1 heterocycles. The van der Waals surface area contributed by atoms with Gasteiger partial charge < -0.3 is 9.64 Å². The molecule has 20 heavy (non-hydrogen) atoms. The standard InChI is InChI=1S/C13H19BrN2O3S/c1-5-19-13(17)12-10(14)6-7-11(15-12)16(3)9(2)8-20(4)18/h6-7,9H,5,8H2,1-4H3. The van der Waals surface area contributed by atoms with Gasteiger partial charge in [-0.3, -0.25) is 4.21 Å². The average Bonchev–Trinajstić information content (AvgIpc) is 2.37. The number of ether oxygens (including phenoxy) is 1. The number of rotatable bonds is 6. The van der Waals surface area contributed by atoms with Crippen LogP contribution in [0, 0.1) is 0 Å². The molecule has 7 heteroatoms. The summed E-state index contributed by atoms with van der Waals surface area (Å²) in [7, 11) is 0.982. The van der Waals surface area contributed by atoms with Crippen LogP contribution in [0.5, 0.6) is 0 Å². The summed E-state index contributed by atoms with van der Waals surface area (Å²) in [5.41, 5.74) is 0.251. The zero-order valence-electron chi connectivity index (χ0n) is 12.1. The van der Waals surface area contributed by atoms with Crippen molar-refractivity contribution in [1.29, 1.82) is 0 Å². The molecule has 5 nitrogen and oxygen atoms in total. The van der Waals surface area contributed by atoms with Gasteiger partial charge in [0, 0.05) is 35.9 Å². The molecule has 0 fully saturated rings. The number of esters is 1. The molecule has 2 atom stereocenters. The molecule has 0 saturated carbocycles. The van der Waals surface area contributed by atoms with E-state index in [1.54, 1.807) is 19.2 Å². The van der Waals surface area contributed by atoms with Crippen LogP contribution in [-0.2, 0) is 15.5 Å².